The van der Waals surface area contributed by atoms with Gasteiger partial charge in [0.15, 0.2) is 0 Å². The van der Waals surface area contributed by atoms with Crippen LogP contribution in [-0.4, -0.2) is 44.7 Å². The quantitative estimate of drug-likeness (QED) is 0.868. The van der Waals surface area contributed by atoms with Crippen molar-refractivity contribution in [1.82, 2.24) is 0 Å². The Balaban J connectivity index is 3.01. The minimum atomic E-state index is -3.24. The van der Waals surface area contributed by atoms with E-state index in [0.717, 1.165) is 6.26 Å². The molecule has 130 valence electrons. The summed E-state index contributed by atoms with van der Waals surface area (Å²) in [6.07, 6.45) is 0.510. The van der Waals surface area contributed by atoms with Crippen molar-refractivity contribution in [3.63, 3.8) is 0 Å². The normalized spacial score (nSPS) is 13.5. The Labute approximate surface area is 142 Å². The predicted molar refractivity (Wildman–Crippen MR) is 92.7 cm³/mol. The van der Waals surface area contributed by atoms with Gasteiger partial charge in [0, 0.05) is 29.6 Å². The number of nitrogens with zero attached hydrogens (tertiary/aromatic N) is 1. The number of anilines is 1. The third-order valence-electron chi connectivity index (χ3n) is 2.69. The zero-order chi connectivity index (χ0) is 17.8. The van der Waals surface area contributed by atoms with Crippen LogP contribution in [0.25, 0.3) is 0 Å². The lowest BCUT2D eigenvalue weighted by atomic mass is 10.2. The topological polar surface area (TPSA) is 89.7 Å². The zero-order valence-corrected chi connectivity index (χ0v) is 15.3. The van der Waals surface area contributed by atoms with Crippen LogP contribution in [0.5, 0.6) is 0 Å². The van der Waals surface area contributed by atoms with Crippen molar-refractivity contribution in [3.05, 3.63) is 29.3 Å². The number of carbonyl (C=O) groups excluding carboxylic acids is 1. The average molecular weight is 363 g/mol. The molecule has 0 radical (unpaired) electrons. The van der Waals surface area contributed by atoms with E-state index in [1.54, 1.807) is 45.0 Å². The number of halogens is 1. The molecule has 6 nitrogen and oxygen atoms in total. The molecule has 2 N–H and O–H groups in total. The lowest BCUT2D eigenvalue weighted by Gasteiger charge is -2.29. The molecule has 0 saturated carbocycles. The monoisotopic (exact) mass is 362 g/mol. The van der Waals surface area contributed by atoms with Gasteiger partial charge in [-0.15, -0.1) is 0 Å². The number of hydrogen-bond donors (Lipinski definition) is 1. The molecule has 1 unspecified atom stereocenters. The van der Waals surface area contributed by atoms with Gasteiger partial charge in [0.1, 0.15) is 15.4 Å². The molecule has 0 spiro atoms. The summed E-state index contributed by atoms with van der Waals surface area (Å²) in [5.74, 6) is -0.222. The van der Waals surface area contributed by atoms with Crippen LogP contribution in [0.4, 0.5) is 10.5 Å². The fourth-order valence-electron chi connectivity index (χ4n) is 1.90. The summed E-state index contributed by atoms with van der Waals surface area (Å²) in [5.41, 5.74) is 5.73. The van der Waals surface area contributed by atoms with E-state index in [9.17, 15) is 13.2 Å². The largest absolute Gasteiger partial charge is 0.443 e. The van der Waals surface area contributed by atoms with E-state index >= 15 is 0 Å². The highest BCUT2D eigenvalue weighted by Crippen LogP contribution is 2.21. The summed E-state index contributed by atoms with van der Waals surface area (Å²) in [6, 6.07) is 5.85. The summed E-state index contributed by atoms with van der Waals surface area (Å²) >= 11 is 5.86. The molecule has 1 rings (SSSR count). The number of carbonyl (C=O) groups is 1. The lowest BCUT2D eigenvalue weighted by molar-refractivity contribution is 0.0578. The second-order valence-corrected chi connectivity index (χ2v) is 9.04. The molecule has 8 heteroatoms. The van der Waals surface area contributed by atoms with Gasteiger partial charge in [-0.2, -0.15) is 0 Å². The van der Waals surface area contributed by atoms with Gasteiger partial charge in [-0.25, -0.2) is 13.2 Å². The summed E-state index contributed by atoms with van der Waals surface area (Å²) < 4.78 is 28.1. The van der Waals surface area contributed by atoms with Gasteiger partial charge in [-0.05, 0) is 45.0 Å². The fraction of sp³-hybridized carbons (Fsp3) is 0.533. The molecule has 23 heavy (non-hydrogen) atoms. The fourth-order valence-corrected chi connectivity index (χ4v) is 2.91. The number of benzene rings is 1. The van der Waals surface area contributed by atoms with Gasteiger partial charge in [0.05, 0.1) is 5.75 Å². The highest BCUT2D eigenvalue weighted by atomic mass is 35.5. The highest BCUT2D eigenvalue weighted by molar-refractivity contribution is 7.90. The van der Waals surface area contributed by atoms with E-state index in [2.05, 4.69) is 0 Å². The van der Waals surface area contributed by atoms with Crippen molar-refractivity contribution < 1.29 is 17.9 Å². The number of nitrogens with two attached hydrogens (primary N) is 1. The van der Waals surface area contributed by atoms with Crippen LogP contribution < -0.4 is 10.6 Å². The summed E-state index contributed by atoms with van der Waals surface area (Å²) in [4.78, 5) is 13.7. The number of hydrogen-bond acceptors (Lipinski definition) is 5. The van der Waals surface area contributed by atoms with Crippen molar-refractivity contribution in [2.24, 2.45) is 5.73 Å². The van der Waals surface area contributed by atoms with Crippen LogP contribution in [0.1, 0.15) is 20.8 Å². The molecule has 0 aliphatic heterocycles. The van der Waals surface area contributed by atoms with Crippen LogP contribution in [0.2, 0.25) is 5.02 Å². The Bertz CT molecular complexity index is 638. The molecule has 0 fully saturated rings. The van der Waals surface area contributed by atoms with Crippen molar-refractivity contribution in [2.45, 2.75) is 32.4 Å². The Morgan fingerprint density at radius 1 is 1.30 bits per heavy atom. The van der Waals surface area contributed by atoms with Gasteiger partial charge in [-0.3, -0.25) is 4.90 Å². The van der Waals surface area contributed by atoms with Gasteiger partial charge >= 0.3 is 6.09 Å². The first-order valence-electron chi connectivity index (χ1n) is 7.07. The number of amides is 1. The van der Waals surface area contributed by atoms with E-state index in [1.807, 2.05) is 0 Å². The molecule has 1 aromatic carbocycles. The van der Waals surface area contributed by atoms with Crippen LogP contribution in [0.3, 0.4) is 0 Å². The van der Waals surface area contributed by atoms with E-state index in [-0.39, 0.29) is 12.3 Å². The molecule has 0 aliphatic rings. The SMILES string of the molecule is CC(C)(C)OC(=O)N(CC(N)CS(C)(=O)=O)c1ccc(Cl)cc1. The van der Waals surface area contributed by atoms with Crippen molar-refractivity contribution >= 4 is 33.2 Å². The van der Waals surface area contributed by atoms with Gasteiger partial charge in [-0.1, -0.05) is 11.6 Å². The first-order valence-corrected chi connectivity index (χ1v) is 9.50. The summed E-state index contributed by atoms with van der Waals surface area (Å²) in [7, 11) is -3.24. The Hall–Kier alpha value is -1.31. The first kappa shape index (κ1) is 19.7. The molecule has 0 heterocycles. The minimum absolute atomic E-state index is 0.0175. The summed E-state index contributed by atoms with van der Waals surface area (Å²) in [5, 5.41) is 0.526. The molecule has 1 aromatic rings. The maximum Gasteiger partial charge on any atom is 0.414 e. The predicted octanol–water partition coefficient (Wildman–Crippen LogP) is 2.45. The van der Waals surface area contributed by atoms with E-state index < -0.39 is 27.6 Å². The highest BCUT2D eigenvalue weighted by Gasteiger charge is 2.26. The number of rotatable bonds is 5. The second-order valence-electron chi connectivity index (χ2n) is 6.42. The van der Waals surface area contributed by atoms with Crippen LogP contribution >= 0.6 is 11.6 Å². The number of ether oxygens (including phenoxy) is 1. The van der Waals surface area contributed by atoms with Crippen molar-refractivity contribution in [1.29, 1.82) is 0 Å². The molecule has 0 bridgehead atoms. The summed E-state index contributed by atoms with van der Waals surface area (Å²) in [6.45, 7) is 5.27. The molecule has 1 atom stereocenters. The van der Waals surface area contributed by atoms with E-state index in [0.29, 0.717) is 10.7 Å². The molecule has 0 aliphatic carbocycles. The maximum atomic E-state index is 12.4. The standard InChI is InChI=1S/C15H23ClN2O4S/c1-15(2,3)22-14(19)18(9-12(17)10-23(4,20)21)13-7-5-11(16)6-8-13/h5-8,12H,9-10,17H2,1-4H3. The smallest absolute Gasteiger partial charge is 0.414 e. The Kier molecular flexibility index (Phi) is 6.44. The molecular formula is C15H23ClN2O4S. The Morgan fingerprint density at radius 2 is 1.83 bits per heavy atom. The first-order chi connectivity index (χ1) is 10.4. The Morgan fingerprint density at radius 3 is 2.26 bits per heavy atom. The van der Waals surface area contributed by atoms with E-state index in [1.165, 1.54) is 4.90 Å². The second kappa shape index (κ2) is 7.51. The molecule has 0 aromatic heterocycles. The maximum absolute atomic E-state index is 12.4. The van der Waals surface area contributed by atoms with Crippen molar-refractivity contribution in [2.75, 3.05) is 23.5 Å². The molecule has 0 saturated heterocycles. The average Bonchev–Trinajstić information content (AvgIpc) is 2.33. The van der Waals surface area contributed by atoms with Crippen LogP contribution in [0, 0.1) is 0 Å². The lowest BCUT2D eigenvalue weighted by Crippen LogP contribution is -2.46. The molecular weight excluding hydrogens is 340 g/mol. The number of sulfone groups is 1. The van der Waals surface area contributed by atoms with Crippen LogP contribution in [-0.2, 0) is 14.6 Å². The van der Waals surface area contributed by atoms with E-state index in [4.69, 9.17) is 22.1 Å². The zero-order valence-electron chi connectivity index (χ0n) is 13.7. The van der Waals surface area contributed by atoms with Gasteiger partial charge in [0.25, 0.3) is 0 Å². The van der Waals surface area contributed by atoms with Gasteiger partial charge < -0.3 is 10.5 Å². The molecule has 1 amide bonds. The minimum Gasteiger partial charge on any atom is -0.443 e. The van der Waals surface area contributed by atoms with Crippen molar-refractivity contribution in [3.8, 4) is 0 Å². The third-order valence-corrected chi connectivity index (χ3v) is 3.97. The van der Waals surface area contributed by atoms with Crippen LogP contribution in [0.15, 0.2) is 24.3 Å². The third kappa shape index (κ3) is 7.67. The van der Waals surface area contributed by atoms with Gasteiger partial charge in [0.2, 0.25) is 0 Å².